The first-order valence-corrected chi connectivity index (χ1v) is 14.4. The Kier molecular flexibility index (Phi) is 5.63. The summed E-state index contributed by atoms with van der Waals surface area (Å²) in [7, 11) is 0. The van der Waals surface area contributed by atoms with Crippen LogP contribution in [0.5, 0.6) is 0 Å². The average molecular weight is 473 g/mol. The maximum absolute atomic E-state index is 11.9. The predicted octanol–water partition coefficient (Wildman–Crippen LogP) is 6.36. The maximum atomic E-state index is 11.9. The minimum absolute atomic E-state index is 0.00104. The standard InChI is InChI=1S/C31H52O3/c1-18(2)19(3)9-10-20(4)21-11-13-29(8)26-24(34)23(33)25-27(5,6)22(32)12-14-30(25)17-31(26,30)16-15-28(21,29)7/h18,20-26,32-34H,3,9-17H2,1-2,4-8H3/t20-,21-,22+,23-,24+,25+,26+,28-,29+,30-,31+/m1/s1. The van der Waals surface area contributed by atoms with Crippen molar-refractivity contribution in [1.29, 1.82) is 0 Å². The molecule has 5 fully saturated rings. The first-order valence-electron chi connectivity index (χ1n) is 14.4. The minimum Gasteiger partial charge on any atom is -0.393 e. The second kappa shape index (κ2) is 7.57. The molecule has 0 aromatic heterocycles. The van der Waals surface area contributed by atoms with Gasteiger partial charge in [0.05, 0.1) is 18.3 Å². The Labute approximate surface area is 208 Å². The molecule has 0 aromatic carbocycles. The SMILES string of the molecule is C=C(CC[C@@H](C)[C@H]1CC[C@@]2(C)[C@@H]3[C@@H](O)[C@@H](O)[C@H]4C(C)(C)[C@@H](O)CC[C@@]45C[C@@]35CC[C@]12C)C(C)C. The average Bonchev–Trinajstić information content (AvgIpc) is 3.30. The highest BCUT2D eigenvalue weighted by molar-refractivity contribution is 5.33. The Hall–Kier alpha value is -0.380. The fourth-order valence-electron chi connectivity index (χ4n) is 11.3. The van der Waals surface area contributed by atoms with E-state index in [4.69, 9.17) is 0 Å². The van der Waals surface area contributed by atoms with Gasteiger partial charge in [0, 0.05) is 5.92 Å². The molecule has 0 heterocycles. The van der Waals surface area contributed by atoms with E-state index < -0.39 is 12.2 Å². The molecule has 3 heteroatoms. The molecule has 0 aromatic rings. The van der Waals surface area contributed by atoms with Gasteiger partial charge in [-0.1, -0.05) is 60.6 Å². The van der Waals surface area contributed by atoms with Crippen molar-refractivity contribution in [3.05, 3.63) is 12.2 Å². The third-order valence-electron chi connectivity index (χ3n) is 13.5. The Morgan fingerprint density at radius 1 is 0.824 bits per heavy atom. The van der Waals surface area contributed by atoms with Crippen LogP contribution in [0.4, 0.5) is 0 Å². The summed E-state index contributed by atoms with van der Waals surface area (Å²) in [6, 6.07) is 0. The van der Waals surface area contributed by atoms with Gasteiger partial charge in [-0.3, -0.25) is 0 Å². The van der Waals surface area contributed by atoms with Gasteiger partial charge in [0.25, 0.3) is 0 Å². The first-order chi connectivity index (χ1) is 15.7. The zero-order chi connectivity index (χ0) is 25.1. The molecule has 0 saturated heterocycles. The van der Waals surface area contributed by atoms with E-state index in [1.807, 2.05) is 0 Å². The number of hydrogen-bond acceptors (Lipinski definition) is 3. The zero-order valence-corrected chi connectivity index (χ0v) is 23.0. The van der Waals surface area contributed by atoms with Gasteiger partial charge in [-0.15, -0.1) is 0 Å². The summed E-state index contributed by atoms with van der Waals surface area (Å²) in [5.74, 6) is 2.07. The van der Waals surface area contributed by atoms with E-state index in [1.165, 1.54) is 37.7 Å². The van der Waals surface area contributed by atoms with Crippen molar-refractivity contribution in [3.8, 4) is 0 Å². The lowest BCUT2D eigenvalue weighted by molar-refractivity contribution is -0.244. The number of rotatable bonds is 5. The first kappa shape index (κ1) is 25.3. The van der Waals surface area contributed by atoms with Crippen molar-refractivity contribution in [1.82, 2.24) is 0 Å². The second-order valence-electron chi connectivity index (χ2n) is 15.1. The molecule has 11 atom stereocenters. The van der Waals surface area contributed by atoms with E-state index in [2.05, 4.69) is 55.0 Å². The molecule has 3 nitrogen and oxygen atoms in total. The van der Waals surface area contributed by atoms with Gasteiger partial charge < -0.3 is 15.3 Å². The van der Waals surface area contributed by atoms with Crippen LogP contribution in [0.3, 0.4) is 0 Å². The van der Waals surface area contributed by atoms with E-state index in [1.54, 1.807) is 0 Å². The van der Waals surface area contributed by atoms with Gasteiger partial charge in [0.1, 0.15) is 0 Å². The van der Waals surface area contributed by atoms with Gasteiger partial charge >= 0.3 is 0 Å². The Bertz CT molecular complexity index is 848. The van der Waals surface area contributed by atoms with Crippen molar-refractivity contribution in [2.45, 2.75) is 125 Å². The summed E-state index contributed by atoms with van der Waals surface area (Å²) < 4.78 is 0. The monoisotopic (exact) mass is 472 g/mol. The van der Waals surface area contributed by atoms with Crippen LogP contribution in [0.1, 0.15) is 106 Å². The lowest BCUT2D eigenvalue weighted by Gasteiger charge is -2.65. The highest BCUT2D eigenvalue weighted by atomic mass is 16.3. The molecule has 194 valence electrons. The molecular weight excluding hydrogens is 420 g/mol. The molecular formula is C31H52O3. The van der Waals surface area contributed by atoms with Crippen molar-refractivity contribution < 1.29 is 15.3 Å². The second-order valence-corrected chi connectivity index (χ2v) is 15.1. The minimum atomic E-state index is -0.726. The lowest BCUT2D eigenvalue weighted by atomic mass is 9.40. The van der Waals surface area contributed by atoms with Crippen LogP contribution in [-0.2, 0) is 0 Å². The smallest absolute Gasteiger partial charge is 0.0841 e. The van der Waals surface area contributed by atoms with Crippen LogP contribution in [0, 0.1) is 56.7 Å². The highest BCUT2D eigenvalue weighted by Crippen LogP contribution is 2.89. The summed E-state index contributed by atoms with van der Waals surface area (Å²) in [6.45, 7) is 20.6. The molecule has 0 unspecified atom stereocenters. The number of aliphatic hydroxyl groups excluding tert-OH is 3. The van der Waals surface area contributed by atoms with E-state index in [0.717, 1.165) is 25.7 Å². The number of allylic oxidation sites excluding steroid dienone is 1. The van der Waals surface area contributed by atoms with E-state index in [9.17, 15) is 15.3 Å². The Balaban J connectivity index is 1.46. The molecule has 2 spiro atoms. The predicted molar refractivity (Wildman–Crippen MR) is 138 cm³/mol. The molecule has 0 amide bonds. The van der Waals surface area contributed by atoms with Gasteiger partial charge in [0.15, 0.2) is 0 Å². The number of hydrogen-bond donors (Lipinski definition) is 3. The molecule has 5 aliphatic carbocycles. The number of aliphatic hydroxyl groups is 3. The lowest BCUT2D eigenvalue weighted by Crippen LogP contribution is -2.66. The zero-order valence-electron chi connectivity index (χ0n) is 23.0. The van der Waals surface area contributed by atoms with Gasteiger partial charge in [0.2, 0.25) is 0 Å². The normalized spacial score (nSPS) is 54.0. The van der Waals surface area contributed by atoms with Crippen molar-refractivity contribution in [3.63, 3.8) is 0 Å². The molecule has 5 saturated carbocycles. The molecule has 5 rings (SSSR count). The third kappa shape index (κ3) is 2.87. The number of fused-ring (bicyclic) bond motifs is 2. The fraction of sp³-hybridized carbons (Fsp3) is 0.935. The van der Waals surface area contributed by atoms with Crippen LogP contribution >= 0.6 is 0 Å². The van der Waals surface area contributed by atoms with E-state index in [-0.39, 0.29) is 45.0 Å². The van der Waals surface area contributed by atoms with Gasteiger partial charge in [-0.25, -0.2) is 0 Å². The molecule has 5 aliphatic rings. The van der Waals surface area contributed by atoms with Crippen molar-refractivity contribution in [2.24, 2.45) is 56.7 Å². The van der Waals surface area contributed by atoms with Crippen molar-refractivity contribution in [2.75, 3.05) is 0 Å². The van der Waals surface area contributed by atoms with Gasteiger partial charge in [-0.2, -0.15) is 0 Å². The summed E-state index contributed by atoms with van der Waals surface area (Å²) in [5, 5.41) is 34.4. The largest absolute Gasteiger partial charge is 0.393 e. The summed E-state index contributed by atoms with van der Waals surface area (Å²) in [6.07, 6.45) is 8.43. The van der Waals surface area contributed by atoms with Gasteiger partial charge in [-0.05, 0) is 109 Å². The fourth-order valence-corrected chi connectivity index (χ4v) is 11.3. The quantitative estimate of drug-likeness (QED) is 0.408. The maximum Gasteiger partial charge on any atom is 0.0841 e. The Morgan fingerprint density at radius 2 is 1.44 bits per heavy atom. The Morgan fingerprint density at radius 3 is 2.09 bits per heavy atom. The van der Waals surface area contributed by atoms with Crippen LogP contribution in [0.2, 0.25) is 0 Å². The van der Waals surface area contributed by atoms with E-state index >= 15 is 0 Å². The summed E-state index contributed by atoms with van der Waals surface area (Å²) in [5.41, 5.74) is 1.57. The summed E-state index contributed by atoms with van der Waals surface area (Å²) >= 11 is 0. The molecule has 0 bridgehead atoms. The molecule has 0 aliphatic heterocycles. The van der Waals surface area contributed by atoms with E-state index in [0.29, 0.717) is 17.8 Å². The highest BCUT2D eigenvalue weighted by Gasteiger charge is 2.85. The van der Waals surface area contributed by atoms with Crippen LogP contribution in [0.25, 0.3) is 0 Å². The molecule has 0 radical (unpaired) electrons. The third-order valence-corrected chi connectivity index (χ3v) is 13.5. The van der Waals surface area contributed by atoms with Crippen molar-refractivity contribution >= 4 is 0 Å². The molecule has 3 N–H and O–H groups in total. The van der Waals surface area contributed by atoms with Crippen LogP contribution in [0.15, 0.2) is 12.2 Å². The van der Waals surface area contributed by atoms with Crippen LogP contribution in [-0.4, -0.2) is 33.6 Å². The molecule has 34 heavy (non-hydrogen) atoms. The summed E-state index contributed by atoms with van der Waals surface area (Å²) in [4.78, 5) is 0. The van der Waals surface area contributed by atoms with Crippen LogP contribution < -0.4 is 0 Å². The topological polar surface area (TPSA) is 60.7 Å².